The lowest BCUT2D eigenvalue weighted by atomic mass is 9.90. The standard InChI is InChI=1S/C27H31N3O4/c1-32-23-10-8-20(9-11-23)25(30-12-14-33-15-13-30)18-28-27(31)24-17-26(34-29-24)22-7-6-19-4-2-3-5-21(19)16-22/h6-11,16-17,25H,2-5,12-15,18H2,1H3,(H,28,31). The van der Waals surface area contributed by atoms with Gasteiger partial charge in [0.15, 0.2) is 11.5 Å². The van der Waals surface area contributed by atoms with Crippen LogP contribution in [-0.4, -0.2) is 55.9 Å². The third kappa shape index (κ3) is 5.00. The molecule has 1 amide bonds. The van der Waals surface area contributed by atoms with E-state index >= 15 is 0 Å². The normalized spacial score (nSPS) is 17.1. The summed E-state index contributed by atoms with van der Waals surface area (Å²) in [5, 5.41) is 7.12. The molecule has 1 N–H and O–H groups in total. The Kier molecular flexibility index (Phi) is 6.92. The summed E-state index contributed by atoms with van der Waals surface area (Å²) in [7, 11) is 1.66. The first-order chi connectivity index (χ1) is 16.7. The smallest absolute Gasteiger partial charge is 0.273 e. The largest absolute Gasteiger partial charge is 0.497 e. The van der Waals surface area contributed by atoms with E-state index in [1.54, 1.807) is 13.2 Å². The average Bonchev–Trinajstić information content (AvgIpc) is 3.40. The first-order valence-corrected chi connectivity index (χ1v) is 12.0. The molecule has 0 spiro atoms. The Morgan fingerprint density at radius 3 is 2.59 bits per heavy atom. The number of ether oxygens (including phenoxy) is 2. The van der Waals surface area contributed by atoms with Gasteiger partial charge in [-0.1, -0.05) is 29.4 Å². The zero-order chi connectivity index (χ0) is 23.3. The molecule has 5 rings (SSSR count). The molecule has 3 aromatic rings. The van der Waals surface area contributed by atoms with E-state index in [2.05, 4.69) is 45.7 Å². The Morgan fingerprint density at radius 2 is 1.82 bits per heavy atom. The second-order valence-corrected chi connectivity index (χ2v) is 8.91. The number of aryl methyl sites for hydroxylation is 2. The maximum absolute atomic E-state index is 12.9. The Bertz CT molecular complexity index is 1120. The topological polar surface area (TPSA) is 76.8 Å². The van der Waals surface area contributed by atoms with Crippen LogP contribution in [0.15, 0.2) is 53.1 Å². The highest BCUT2D eigenvalue weighted by Crippen LogP contribution is 2.28. The summed E-state index contributed by atoms with van der Waals surface area (Å²) in [6, 6.07) is 16.2. The maximum atomic E-state index is 12.9. The van der Waals surface area contributed by atoms with E-state index in [1.807, 2.05) is 12.1 Å². The fraction of sp³-hybridized carbons (Fsp3) is 0.407. The molecular formula is C27H31N3O4. The monoisotopic (exact) mass is 461 g/mol. The lowest BCUT2D eigenvalue weighted by Gasteiger charge is -2.34. The molecule has 1 saturated heterocycles. The fourth-order valence-electron chi connectivity index (χ4n) is 4.86. The van der Waals surface area contributed by atoms with E-state index < -0.39 is 0 Å². The number of methoxy groups -OCH3 is 1. The van der Waals surface area contributed by atoms with Gasteiger partial charge in [-0.3, -0.25) is 9.69 Å². The first kappa shape index (κ1) is 22.6. The minimum Gasteiger partial charge on any atom is -0.497 e. The minimum atomic E-state index is -0.236. The highest BCUT2D eigenvalue weighted by atomic mass is 16.5. The maximum Gasteiger partial charge on any atom is 0.273 e. The van der Waals surface area contributed by atoms with Gasteiger partial charge in [-0.25, -0.2) is 0 Å². The Balaban J connectivity index is 1.28. The van der Waals surface area contributed by atoms with Crippen molar-refractivity contribution in [1.82, 2.24) is 15.4 Å². The van der Waals surface area contributed by atoms with Gasteiger partial charge in [0.25, 0.3) is 5.91 Å². The second kappa shape index (κ2) is 10.4. The molecule has 178 valence electrons. The third-order valence-electron chi connectivity index (χ3n) is 6.82. The number of morpholine rings is 1. The molecule has 1 aliphatic heterocycles. The van der Waals surface area contributed by atoms with Gasteiger partial charge in [0.05, 0.1) is 26.4 Å². The number of hydrogen-bond acceptors (Lipinski definition) is 6. The van der Waals surface area contributed by atoms with Gasteiger partial charge in [0.1, 0.15) is 5.75 Å². The molecule has 1 aliphatic carbocycles. The van der Waals surface area contributed by atoms with E-state index in [0.717, 1.165) is 42.8 Å². The molecule has 0 radical (unpaired) electrons. The van der Waals surface area contributed by atoms with Crippen LogP contribution in [0, 0.1) is 0 Å². The molecule has 2 heterocycles. The Labute approximate surface area is 200 Å². The number of hydrogen-bond donors (Lipinski definition) is 1. The van der Waals surface area contributed by atoms with Crippen LogP contribution in [0.2, 0.25) is 0 Å². The number of aromatic nitrogens is 1. The third-order valence-corrected chi connectivity index (χ3v) is 6.82. The minimum absolute atomic E-state index is 0.0331. The van der Waals surface area contributed by atoms with Crippen molar-refractivity contribution in [1.29, 1.82) is 0 Å². The summed E-state index contributed by atoms with van der Waals surface area (Å²) in [6.07, 6.45) is 4.71. The zero-order valence-corrected chi connectivity index (χ0v) is 19.6. The molecule has 1 aromatic heterocycles. The van der Waals surface area contributed by atoms with Gasteiger partial charge in [-0.05, 0) is 60.6 Å². The van der Waals surface area contributed by atoms with Gasteiger partial charge in [0.2, 0.25) is 0 Å². The molecule has 0 saturated carbocycles. The van der Waals surface area contributed by atoms with Crippen molar-refractivity contribution in [3.63, 3.8) is 0 Å². The predicted molar refractivity (Wildman–Crippen MR) is 129 cm³/mol. The van der Waals surface area contributed by atoms with Gasteiger partial charge < -0.3 is 19.3 Å². The van der Waals surface area contributed by atoms with Crippen molar-refractivity contribution in [3.8, 4) is 17.1 Å². The molecular weight excluding hydrogens is 430 g/mol. The van der Waals surface area contributed by atoms with Crippen LogP contribution < -0.4 is 10.1 Å². The summed E-state index contributed by atoms with van der Waals surface area (Å²) < 4.78 is 16.4. The van der Waals surface area contributed by atoms with E-state index in [0.29, 0.717) is 31.2 Å². The number of fused-ring (bicyclic) bond motifs is 1. The molecule has 2 aliphatic rings. The summed E-state index contributed by atoms with van der Waals surface area (Å²) in [4.78, 5) is 15.3. The summed E-state index contributed by atoms with van der Waals surface area (Å²) in [5.41, 5.74) is 5.18. The predicted octanol–water partition coefficient (Wildman–Crippen LogP) is 4.03. The molecule has 7 nitrogen and oxygen atoms in total. The van der Waals surface area contributed by atoms with Crippen molar-refractivity contribution < 1.29 is 18.8 Å². The van der Waals surface area contributed by atoms with Crippen molar-refractivity contribution >= 4 is 5.91 Å². The van der Waals surface area contributed by atoms with Crippen molar-refractivity contribution in [2.45, 2.75) is 31.7 Å². The van der Waals surface area contributed by atoms with Crippen molar-refractivity contribution in [2.24, 2.45) is 0 Å². The van der Waals surface area contributed by atoms with Crippen LogP contribution in [0.3, 0.4) is 0 Å². The number of nitrogens with one attached hydrogen (secondary N) is 1. The second-order valence-electron chi connectivity index (χ2n) is 8.91. The van der Waals surface area contributed by atoms with Crippen molar-refractivity contribution in [2.75, 3.05) is 40.0 Å². The Hall–Kier alpha value is -3.16. The lowest BCUT2D eigenvalue weighted by Crippen LogP contribution is -2.43. The molecule has 1 unspecified atom stereocenters. The van der Waals surface area contributed by atoms with Crippen LogP contribution in [0.5, 0.6) is 5.75 Å². The molecule has 2 aromatic carbocycles. The van der Waals surface area contributed by atoms with Gasteiger partial charge in [-0.15, -0.1) is 0 Å². The highest BCUT2D eigenvalue weighted by molar-refractivity contribution is 5.93. The van der Waals surface area contributed by atoms with Crippen LogP contribution in [-0.2, 0) is 17.6 Å². The Morgan fingerprint density at radius 1 is 1.06 bits per heavy atom. The van der Waals surface area contributed by atoms with Crippen LogP contribution in [0.1, 0.15) is 46.1 Å². The van der Waals surface area contributed by atoms with Crippen LogP contribution >= 0.6 is 0 Å². The van der Waals surface area contributed by atoms with Gasteiger partial charge in [-0.2, -0.15) is 0 Å². The number of nitrogens with zero attached hydrogens (tertiary/aromatic N) is 2. The fourth-order valence-corrected chi connectivity index (χ4v) is 4.86. The molecule has 1 atom stereocenters. The van der Waals surface area contributed by atoms with E-state index in [-0.39, 0.29) is 11.9 Å². The van der Waals surface area contributed by atoms with Gasteiger partial charge in [0, 0.05) is 31.3 Å². The van der Waals surface area contributed by atoms with E-state index in [1.165, 1.54) is 24.0 Å². The average molecular weight is 462 g/mol. The van der Waals surface area contributed by atoms with E-state index in [4.69, 9.17) is 14.0 Å². The summed E-state index contributed by atoms with van der Waals surface area (Å²) in [6.45, 7) is 3.48. The lowest BCUT2D eigenvalue weighted by molar-refractivity contribution is 0.0162. The summed E-state index contributed by atoms with van der Waals surface area (Å²) >= 11 is 0. The molecule has 7 heteroatoms. The summed E-state index contributed by atoms with van der Waals surface area (Å²) in [5.74, 6) is 1.20. The first-order valence-electron chi connectivity index (χ1n) is 12.0. The number of benzene rings is 2. The van der Waals surface area contributed by atoms with Crippen LogP contribution in [0.25, 0.3) is 11.3 Å². The number of amides is 1. The van der Waals surface area contributed by atoms with Crippen molar-refractivity contribution in [3.05, 3.63) is 70.9 Å². The number of carbonyl (C=O) groups excluding carboxylic acids is 1. The van der Waals surface area contributed by atoms with E-state index in [9.17, 15) is 4.79 Å². The molecule has 0 bridgehead atoms. The quantitative estimate of drug-likeness (QED) is 0.573. The number of rotatable bonds is 7. The molecule has 34 heavy (non-hydrogen) atoms. The zero-order valence-electron chi connectivity index (χ0n) is 19.6. The number of carbonyl (C=O) groups is 1. The van der Waals surface area contributed by atoms with Gasteiger partial charge >= 0.3 is 0 Å². The molecule has 1 fully saturated rings. The SMILES string of the molecule is COc1ccc(C(CNC(=O)c2cc(-c3ccc4c(c3)CCCC4)on2)N2CCOCC2)cc1. The van der Waals surface area contributed by atoms with Crippen LogP contribution in [0.4, 0.5) is 0 Å². The highest BCUT2D eigenvalue weighted by Gasteiger charge is 2.24.